The van der Waals surface area contributed by atoms with Crippen LogP contribution in [0.3, 0.4) is 0 Å². The van der Waals surface area contributed by atoms with E-state index in [1.807, 2.05) is 6.20 Å². The van der Waals surface area contributed by atoms with Crippen molar-refractivity contribution in [1.82, 2.24) is 10.3 Å². The molecule has 0 spiro atoms. The Balaban J connectivity index is 1.74. The first-order valence-corrected chi connectivity index (χ1v) is 8.23. The van der Waals surface area contributed by atoms with Gasteiger partial charge in [0.05, 0.1) is 18.4 Å². The van der Waals surface area contributed by atoms with Crippen LogP contribution in [0.2, 0.25) is 0 Å². The zero-order chi connectivity index (χ0) is 15.3. The number of pyridine rings is 1. The zero-order valence-electron chi connectivity index (χ0n) is 14.0. The maximum absolute atomic E-state index is 6.02. The molecule has 0 unspecified atom stereocenters. The normalized spacial score (nSPS) is 19.1. The first-order valence-electron chi connectivity index (χ1n) is 8.23. The highest BCUT2D eigenvalue weighted by Gasteiger charge is 2.27. The summed E-state index contributed by atoms with van der Waals surface area (Å²) in [7, 11) is 0. The van der Waals surface area contributed by atoms with Gasteiger partial charge in [-0.2, -0.15) is 0 Å². The first-order chi connectivity index (χ1) is 9.94. The Morgan fingerprint density at radius 1 is 1.29 bits per heavy atom. The van der Waals surface area contributed by atoms with Crippen molar-refractivity contribution in [3.63, 3.8) is 0 Å². The zero-order valence-corrected chi connectivity index (χ0v) is 14.0. The molecule has 21 heavy (non-hydrogen) atoms. The van der Waals surface area contributed by atoms with Crippen LogP contribution >= 0.6 is 0 Å². The number of nitrogens with zero attached hydrogens (tertiary/aromatic N) is 1. The third-order valence-corrected chi connectivity index (χ3v) is 4.35. The molecule has 3 nitrogen and oxygen atoms in total. The Hall–Kier alpha value is -0.930. The monoisotopic (exact) mass is 290 g/mol. The fourth-order valence-corrected chi connectivity index (χ4v) is 2.71. The number of ether oxygens (including phenoxy) is 1. The highest BCUT2D eigenvalue weighted by Crippen LogP contribution is 2.36. The SMILES string of the molecule is CC(C)NCc1ccc(COC2CCC(C)(C)CC2)nc1. The van der Waals surface area contributed by atoms with Crippen LogP contribution in [0.5, 0.6) is 0 Å². The molecule has 0 amide bonds. The molecule has 0 aliphatic heterocycles. The topological polar surface area (TPSA) is 34.1 Å². The van der Waals surface area contributed by atoms with Crippen molar-refractivity contribution in [3.05, 3.63) is 29.6 Å². The molecular formula is C18H30N2O. The molecule has 0 bridgehead atoms. The summed E-state index contributed by atoms with van der Waals surface area (Å²) in [4.78, 5) is 4.50. The molecule has 0 atom stereocenters. The first kappa shape index (κ1) is 16.4. The molecule has 0 aromatic carbocycles. The molecule has 118 valence electrons. The van der Waals surface area contributed by atoms with Gasteiger partial charge in [0, 0.05) is 18.8 Å². The van der Waals surface area contributed by atoms with E-state index in [0.717, 1.165) is 12.2 Å². The minimum Gasteiger partial charge on any atom is -0.372 e. The Morgan fingerprint density at radius 2 is 2.00 bits per heavy atom. The van der Waals surface area contributed by atoms with E-state index >= 15 is 0 Å². The molecule has 1 aliphatic carbocycles. The minimum atomic E-state index is 0.419. The van der Waals surface area contributed by atoms with Crippen LogP contribution in [0.15, 0.2) is 18.3 Å². The van der Waals surface area contributed by atoms with E-state index in [4.69, 9.17) is 4.74 Å². The molecule has 1 aromatic rings. The molecule has 3 heteroatoms. The molecular weight excluding hydrogens is 260 g/mol. The lowest BCUT2D eigenvalue weighted by molar-refractivity contribution is -0.00688. The van der Waals surface area contributed by atoms with Gasteiger partial charge >= 0.3 is 0 Å². The lowest BCUT2D eigenvalue weighted by Crippen LogP contribution is -2.26. The minimum absolute atomic E-state index is 0.419. The molecule has 0 saturated heterocycles. The van der Waals surface area contributed by atoms with Crippen LogP contribution in [-0.2, 0) is 17.9 Å². The summed E-state index contributed by atoms with van der Waals surface area (Å²) in [5, 5.41) is 3.40. The van der Waals surface area contributed by atoms with Gasteiger partial charge in [0.1, 0.15) is 0 Å². The smallest absolute Gasteiger partial charge is 0.0891 e. The fourth-order valence-electron chi connectivity index (χ4n) is 2.71. The van der Waals surface area contributed by atoms with E-state index in [0.29, 0.717) is 24.2 Å². The van der Waals surface area contributed by atoms with Crippen molar-refractivity contribution in [3.8, 4) is 0 Å². The van der Waals surface area contributed by atoms with Gasteiger partial charge in [-0.25, -0.2) is 0 Å². The lowest BCUT2D eigenvalue weighted by Gasteiger charge is -2.34. The van der Waals surface area contributed by atoms with Crippen molar-refractivity contribution in [2.45, 2.75) is 78.7 Å². The van der Waals surface area contributed by atoms with Gasteiger partial charge in [-0.15, -0.1) is 0 Å². The molecule has 2 rings (SSSR count). The molecule has 1 fully saturated rings. The Morgan fingerprint density at radius 3 is 2.57 bits per heavy atom. The average molecular weight is 290 g/mol. The average Bonchev–Trinajstić information content (AvgIpc) is 2.45. The van der Waals surface area contributed by atoms with Gasteiger partial charge < -0.3 is 10.1 Å². The Kier molecular flexibility index (Phi) is 5.77. The fraction of sp³-hybridized carbons (Fsp3) is 0.722. The number of rotatable bonds is 6. The summed E-state index contributed by atoms with van der Waals surface area (Å²) in [6, 6.07) is 4.73. The van der Waals surface area contributed by atoms with Crippen molar-refractivity contribution >= 4 is 0 Å². The van der Waals surface area contributed by atoms with Crippen LogP contribution < -0.4 is 5.32 Å². The van der Waals surface area contributed by atoms with Gasteiger partial charge in [0.15, 0.2) is 0 Å². The second-order valence-corrected chi connectivity index (χ2v) is 7.37. The number of hydrogen-bond donors (Lipinski definition) is 1. The van der Waals surface area contributed by atoms with E-state index in [2.05, 4.69) is 50.1 Å². The Labute approximate surface area is 129 Å². The second-order valence-electron chi connectivity index (χ2n) is 7.37. The largest absolute Gasteiger partial charge is 0.372 e. The third kappa shape index (κ3) is 5.76. The van der Waals surface area contributed by atoms with Crippen LogP contribution in [-0.4, -0.2) is 17.1 Å². The molecule has 1 N–H and O–H groups in total. The van der Waals surface area contributed by atoms with Crippen molar-refractivity contribution < 1.29 is 4.74 Å². The van der Waals surface area contributed by atoms with Crippen molar-refractivity contribution in [2.24, 2.45) is 5.41 Å². The molecule has 1 aliphatic rings. The number of nitrogens with one attached hydrogen (secondary N) is 1. The van der Waals surface area contributed by atoms with E-state index in [1.54, 1.807) is 0 Å². The van der Waals surface area contributed by atoms with E-state index < -0.39 is 0 Å². The molecule has 1 heterocycles. The second kappa shape index (κ2) is 7.37. The summed E-state index contributed by atoms with van der Waals surface area (Å²) in [5.74, 6) is 0. The van der Waals surface area contributed by atoms with Crippen LogP contribution in [0, 0.1) is 5.41 Å². The highest BCUT2D eigenvalue weighted by atomic mass is 16.5. The lowest BCUT2D eigenvalue weighted by atomic mass is 9.76. The number of hydrogen-bond acceptors (Lipinski definition) is 3. The summed E-state index contributed by atoms with van der Waals surface area (Å²) < 4.78 is 6.02. The van der Waals surface area contributed by atoms with Gasteiger partial charge in [-0.1, -0.05) is 33.8 Å². The number of aromatic nitrogens is 1. The van der Waals surface area contributed by atoms with Gasteiger partial charge in [0.2, 0.25) is 0 Å². The van der Waals surface area contributed by atoms with Crippen LogP contribution in [0.1, 0.15) is 64.6 Å². The summed E-state index contributed by atoms with van der Waals surface area (Å²) in [6.07, 6.45) is 7.28. The van der Waals surface area contributed by atoms with Crippen LogP contribution in [0.4, 0.5) is 0 Å². The van der Waals surface area contributed by atoms with Crippen molar-refractivity contribution in [1.29, 1.82) is 0 Å². The standard InChI is InChI=1S/C18H30N2O/c1-14(2)19-11-15-5-6-16(20-12-15)13-21-17-7-9-18(3,4)10-8-17/h5-6,12,14,17,19H,7-11,13H2,1-4H3. The third-order valence-electron chi connectivity index (χ3n) is 4.35. The van der Waals surface area contributed by atoms with Gasteiger partial charge in [-0.05, 0) is 42.7 Å². The molecule has 1 aromatic heterocycles. The summed E-state index contributed by atoms with van der Waals surface area (Å²) in [5.41, 5.74) is 2.77. The van der Waals surface area contributed by atoms with Gasteiger partial charge in [-0.3, -0.25) is 4.98 Å². The maximum atomic E-state index is 6.02. The van der Waals surface area contributed by atoms with E-state index in [1.165, 1.54) is 31.2 Å². The van der Waals surface area contributed by atoms with E-state index in [9.17, 15) is 0 Å². The van der Waals surface area contributed by atoms with Gasteiger partial charge in [0.25, 0.3) is 0 Å². The predicted octanol–water partition coefficient (Wildman–Crippen LogP) is 4.07. The summed E-state index contributed by atoms with van der Waals surface area (Å²) >= 11 is 0. The quantitative estimate of drug-likeness (QED) is 0.857. The Bertz CT molecular complexity index is 415. The summed E-state index contributed by atoms with van der Waals surface area (Å²) in [6.45, 7) is 10.5. The molecule has 1 saturated carbocycles. The highest BCUT2D eigenvalue weighted by molar-refractivity contribution is 5.13. The predicted molar refractivity (Wildman–Crippen MR) is 87.0 cm³/mol. The molecule has 0 radical (unpaired) electrons. The van der Waals surface area contributed by atoms with Crippen LogP contribution in [0.25, 0.3) is 0 Å². The van der Waals surface area contributed by atoms with Crippen molar-refractivity contribution in [2.75, 3.05) is 0 Å². The van der Waals surface area contributed by atoms with E-state index in [-0.39, 0.29) is 0 Å². The maximum Gasteiger partial charge on any atom is 0.0891 e.